The zero-order chi connectivity index (χ0) is 11.4. The summed E-state index contributed by atoms with van der Waals surface area (Å²) in [6.45, 7) is 1.77. The van der Waals surface area contributed by atoms with E-state index in [2.05, 4.69) is 10.3 Å². The Labute approximate surface area is 91.5 Å². The molecule has 1 aromatic rings. The van der Waals surface area contributed by atoms with Crippen LogP contribution in [0.3, 0.4) is 0 Å². The fourth-order valence-corrected chi connectivity index (χ4v) is 1.41. The van der Waals surface area contributed by atoms with Crippen LogP contribution in [-0.2, 0) is 0 Å². The predicted molar refractivity (Wildman–Crippen MR) is 57.9 cm³/mol. The lowest BCUT2D eigenvalue weighted by atomic mass is 10.0. The Hall–Kier alpha value is -1.75. The lowest BCUT2D eigenvalue weighted by Crippen LogP contribution is -2.25. The Kier molecular flexibility index (Phi) is 3.51. The number of halogens is 1. The molecule has 0 atom stereocenters. The van der Waals surface area contributed by atoms with Gasteiger partial charge in [-0.15, -0.1) is 0 Å². The van der Waals surface area contributed by atoms with E-state index in [9.17, 15) is 0 Å². The molecule has 0 saturated heterocycles. The lowest BCUT2D eigenvalue weighted by molar-refractivity contribution is 0.314. The number of hydrogen-bond donors (Lipinski definition) is 3. The van der Waals surface area contributed by atoms with Gasteiger partial charge in [-0.2, -0.15) is 0 Å². The summed E-state index contributed by atoms with van der Waals surface area (Å²) in [4.78, 5) is 0. The number of nitrogens with zero attached hydrogens (tertiary/aromatic N) is 2. The van der Waals surface area contributed by atoms with Crippen LogP contribution in [-0.4, -0.2) is 22.0 Å². The van der Waals surface area contributed by atoms with Crippen molar-refractivity contribution in [1.29, 1.82) is 0 Å². The number of oxime groups is 2. The van der Waals surface area contributed by atoms with Crippen molar-refractivity contribution in [3.8, 4) is 0 Å². The van der Waals surface area contributed by atoms with Gasteiger partial charge in [0.1, 0.15) is 0 Å². The van der Waals surface area contributed by atoms with E-state index in [4.69, 9.17) is 27.7 Å². The summed E-state index contributed by atoms with van der Waals surface area (Å²) in [6.07, 6.45) is 0. The molecule has 5 nitrogen and oxygen atoms in total. The van der Waals surface area contributed by atoms with Crippen LogP contribution in [0.1, 0.15) is 11.1 Å². The van der Waals surface area contributed by atoms with E-state index in [0.29, 0.717) is 10.6 Å². The number of amidine groups is 1. The van der Waals surface area contributed by atoms with Gasteiger partial charge in [-0.1, -0.05) is 28.0 Å². The summed E-state index contributed by atoms with van der Waals surface area (Å²) in [5.74, 6) is -0.261. The first kappa shape index (κ1) is 11.3. The van der Waals surface area contributed by atoms with Crippen molar-refractivity contribution >= 4 is 23.1 Å². The molecule has 0 radical (unpaired) electrons. The van der Waals surface area contributed by atoms with Crippen LogP contribution >= 0.6 is 11.6 Å². The smallest absolute Gasteiger partial charge is 0.192 e. The first-order valence-corrected chi connectivity index (χ1v) is 4.44. The molecule has 0 aliphatic carbocycles. The highest BCUT2D eigenvalue weighted by molar-refractivity contribution is 6.47. The Balaban J connectivity index is 3.26. The number of rotatable bonds is 2. The van der Waals surface area contributed by atoms with Crippen molar-refractivity contribution in [1.82, 2.24) is 0 Å². The van der Waals surface area contributed by atoms with Crippen molar-refractivity contribution in [2.45, 2.75) is 6.92 Å². The molecule has 0 saturated carbocycles. The molecule has 6 heteroatoms. The molecule has 0 amide bonds. The van der Waals surface area contributed by atoms with Crippen molar-refractivity contribution in [3.05, 3.63) is 34.3 Å². The maximum atomic E-state index is 8.76. The van der Waals surface area contributed by atoms with Gasteiger partial charge in [-0.25, -0.2) is 0 Å². The predicted octanol–water partition coefficient (Wildman–Crippen LogP) is 1.57. The van der Waals surface area contributed by atoms with Crippen molar-refractivity contribution < 1.29 is 10.4 Å². The maximum Gasteiger partial charge on any atom is 0.192 e. The molecule has 0 bridgehead atoms. The number of aryl methyl sites for hydroxylation is 1. The minimum atomic E-state index is -0.261. The highest BCUT2D eigenvalue weighted by Gasteiger charge is 2.12. The van der Waals surface area contributed by atoms with Gasteiger partial charge in [0.05, 0.1) is 0 Å². The second kappa shape index (κ2) is 4.65. The summed E-state index contributed by atoms with van der Waals surface area (Å²) in [6, 6.07) is 4.94. The van der Waals surface area contributed by atoms with Crippen LogP contribution in [0.15, 0.2) is 28.5 Å². The quantitative estimate of drug-likeness (QED) is 0.310. The number of nitrogens with two attached hydrogens (primary N) is 1. The van der Waals surface area contributed by atoms with Gasteiger partial charge in [0.15, 0.2) is 11.5 Å². The highest BCUT2D eigenvalue weighted by atomic mass is 35.5. The Morgan fingerprint density at radius 3 is 2.47 bits per heavy atom. The third-order valence-corrected chi connectivity index (χ3v) is 2.13. The molecule has 4 N–H and O–H groups in total. The summed E-state index contributed by atoms with van der Waals surface area (Å²) >= 11 is 5.77. The normalized spacial score (nSPS) is 12.9. The fourth-order valence-electron chi connectivity index (χ4n) is 1.18. The molecule has 15 heavy (non-hydrogen) atoms. The van der Waals surface area contributed by atoms with Gasteiger partial charge in [0, 0.05) is 10.6 Å². The Morgan fingerprint density at radius 1 is 1.33 bits per heavy atom. The van der Waals surface area contributed by atoms with Gasteiger partial charge >= 0.3 is 0 Å². The molecule has 80 valence electrons. The number of hydrogen-bond acceptors (Lipinski definition) is 4. The Morgan fingerprint density at radius 2 is 2.00 bits per heavy atom. The van der Waals surface area contributed by atoms with Crippen LogP contribution in [0.5, 0.6) is 0 Å². The van der Waals surface area contributed by atoms with Crippen LogP contribution in [0.4, 0.5) is 0 Å². The first-order valence-electron chi connectivity index (χ1n) is 4.06. The van der Waals surface area contributed by atoms with E-state index in [1.807, 2.05) is 0 Å². The van der Waals surface area contributed by atoms with Gasteiger partial charge in [-0.3, -0.25) is 0 Å². The van der Waals surface area contributed by atoms with E-state index in [1.54, 1.807) is 25.1 Å². The van der Waals surface area contributed by atoms with Crippen molar-refractivity contribution in [3.63, 3.8) is 0 Å². The van der Waals surface area contributed by atoms with E-state index < -0.39 is 0 Å². The molecule has 0 aliphatic heterocycles. The average molecular weight is 228 g/mol. The van der Waals surface area contributed by atoms with E-state index in [0.717, 1.165) is 5.56 Å². The molecule has 0 heterocycles. The molecule has 1 rings (SSSR count). The lowest BCUT2D eigenvalue weighted by Gasteiger charge is -2.06. The summed E-state index contributed by atoms with van der Waals surface area (Å²) in [5, 5.41) is 23.6. The van der Waals surface area contributed by atoms with Gasteiger partial charge in [0.2, 0.25) is 0 Å². The van der Waals surface area contributed by atoms with E-state index in [1.165, 1.54) is 0 Å². The molecule has 0 aromatic heterocycles. The zero-order valence-electron chi connectivity index (χ0n) is 7.98. The standard InChI is InChI=1S/C9H10ClN3O2/c1-5-4-6(10)2-3-7(5)8(12-14)9(11)13-15/h2-4,14-15H,1H3,(H2,11,13). The highest BCUT2D eigenvalue weighted by Crippen LogP contribution is 2.16. The van der Waals surface area contributed by atoms with E-state index >= 15 is 0 Å². The van der Waals surface area contributed by atoms with Gasteiger partial charge in [-0.05, 0) is 24.6 Å². The molecule has 1 aromatic carbocycles. The van der Waals surface area contributed by atoms with E-state index in [-0.39, 0.29) is 11.5 Å². The maximum absolute atomic E-state index is 8.76. The van der Waals surface area contributed by atoms with Gasteiger partial charge in [0.25, 0.3) is 0 Å². The van der Waals surface area contributed by atoms with Crippen LogP contribution in [0, 0.1) is 6.92 Å². The average Bonchev–Trinajstić information content (AvgIpc) is 2.21. The Bertz CT molecular complexity index is 429. The largest absolute Gasteiger partial charge is 0.410 e. The van der Waals surface area contributed by atoms with Crippen LogP contribution < -0.4 is 5.73 Å². The van der Waals surface area contributed by atoms with Crippen LogP contribution in [0.25, 0.3) is 0 Å². The molecule has 0 aliphatic rings. The minimum Gasteiger partial charge on any atom is -0.410 e. The fraction of sp³-hybridized carbons (Fsp3) is 0.111. The van der Waals surface area contributed by atoms with Crippen LogP contribution in [0.2, 0.25) is 5.02 Å². The minimum absolute atomic E-state index is 0.00617. The summed E-state index contributed by atoms with van der Waals surface area (Å²) in [7, 11) is 0. The van der Waals surface area contributed by atoms with Crippen molar-refractivity contribution in [2.75, 3.05) is 0 Å². The zero-order valence-corrected chi connectivity index (χ0v) is 8.73. The summed E-state index contributed by atoms with van der Waals surface area (Å²) in [5.41, 5.74) is 6.67. The second-order valence-electron chi connectivity index (χ2n) is 2.89. The molecular formula is C9H10ClN3O2. The summed E-state index contributed by atoms with van der Waals surface area (Å²) < 4.78 is 0. The molecular weight excluding hydrogens is 218 g/mol. The molecule has 0 fully saturated rings. The first-order chi connectivity index (χ1) is 7.10. The second-order valence-corrected chi connectivity index (χ2v) is 3.33. The third-order valence-electron chi connectivity index (χ3n) is 1.89. The van der Waals surface area contributed by atoms with Crippen molar-refractivity contribution in [2.24, 2.45) is 16.0 Å². The topological polar surface area (TPSA) is 91.2 Å². The SMILES string of the molecule is Cc1cc(Cl)ccc1C(=NO)C(N)=NO. The molecule has 0 unspecified atom stereocenters. The molecule has 0 spiro atoms. The van der Waals surface area contributed by atoms with Gasteiger partial charge < -0.3 is 16.1 Å². The third kappa shape index (κ3) is 2.38. The monoisotopic (exact) mass is 227 g/mol. The number of benzene rings is 1.